The van der Waals surface area contributed by atoms with Gasteiger partial charge in [-0.1, -0.05) is 6.42 Å². The van der Waals surface area contributed by atoms with Gasteiger partial charge in [0, 0.05) is 0 Å². The van der Waals surface area contributed by atoms with Gasteiger partial charge in [-0.3, -0.25) is 9.59 Å². The van der Waals surface area contributed by atoms with Crippen LogP contribution in [-0.2, 0) is 23.9 Å². The summed E-state index contributed by atoms with van der Waals surface area (Å²) in [6, 6.07) is 0. The van der Waals surface area contributed by atoms with E-state index in [1.807, 2.05) is 0 Å². The fourth-order valence-corrected chi connectivity index (χ4v) is 7.03. The normalized spacial score (nSPS) is 37.8. The van der Waals surface area contributed by atoms with Crippen molar-refractivity contribution in [2.24, 2.45) is 22.7 Å². The van der Waals surface area contributed by atoms with Crippen LogP contribution in [0.1, 0.15) is 70.6 Å². The van der Waals surface area contributed by atoms with Gasteiger partial charge in [0.15, 0.2) is 5.60 Å². The van der Waals surface area contributed by atoms with E-state index >= 15 is 0 Å². The Kier molecular flexibility index (Phi) is 4.70. The second kappa shape index (κ2) is 6.64. The summed E-state index contributed by atoms with van der Waals surface area (Å²) in [4.78, 5) is 37.1. The van der Waals surface area contributed by atoms with Crippen molar-refractivity contribution in [1.82, 2.24) is 0 Å². The van der Waals surface area contributed by atoms with E-state index in [1.165, 1.54) is 7.11 Å². The molecule has 2 unspecified atom stereocenters. The van der Waals surface area contributed by atoms with Crippen LogP contribution >= 0.6 is 0 Å². The number of halogens is 2. The Balaban J connectivity index is 1.65. The Labute approximate surface area is 168 Å². The number of aliphatic carboxylic acids is 1. The van der Waals surface area contributed by atoms with Crippen LogP contribution in [0, 0.1) is 22.7 Å². The van der Waals surface area contributed by atoms with Crippen LogP contribution in [-0.4, -0.2) is 36.5 Å². The van der Waals surface area contributed by atoms with Gasteiger partial charge in [-0.15, -0.1) is 0 Å². The molecule has 0 spiro atoms. The smallest absolute Gasteiger partial charge is 0.325 e. The van der Waals surface area contributed by atoms with Crippen molar-refractivity contribution < 1.29 is 37.7 Å². The number of carbonyl (C=O) groups excluding carboxylic acids is 3. The molecule has 5 rings (SSSR count). The molecule has 162 valence electrons. The van der Waals surface area contributed by atoms with E-state index in [4.69, 9.17) is 9.47 Å². The molecule has 5 aliphatic carbocycles. The molecule has 29 heavy (non-hydrogen) atoms. The number of hydrogen-bond acceptors (Lipinski definition) is 6. The lowest BCUT2D eigenvalue weighted by Crippen LogP contribution is -2.64. The summed E-state index contributed by atoms with van der Waals surface area (Å²) in [5.74, 6) is -7.60. The number of carboxylic acid groups (broad SMARTS) is 1. The monoisotopic (exact) mass is 413 g/mol. The van der Waals surface area contributed by atoms with Crippen LogP contribution in [0.25, 0.3) is 0 Å². The van der Waals surface area contributed by atoms with Gasteiger partial charge in [0.05, 0.1) is 17.9 Å². The largest absolute Gasteiger partial charge is 0.544 e. The van der Waals surface area contributed by atoms with Crippen molar-refractivity contribution in [3.05, 3.63) is 0 Å². The summed E-state index contributed by atoms with van der Waals surface area (Å²) in [7, 11) is 1.32. The third-order valence-corrected chi connectivity index (χ3v) is 7.89. The maximum absolute atomic E-state index is 14.7. The zero-order chi connectivity index (χ0) is 21.1. The van der Waals surface area contributed by atoms with Crippen molar-refractivity contribution in [3.8, 4) is 0 Å². The zero-order valence-electron chi connectivity index (χ0n) is 16.6. The lowest BCUT2D eigenvalue weighted by molar-refractivity contribution is -0.347. The van der Waals surface area contributed by atoms with Gasteiger partial charge in [-0.25, -0.2) is 0 Å². The van der Waals surface area contributed by atoms with Crippen LogP contribution < -0.4 is 5.11 Å². The van der Waals surface area contributed by atoms with Crippen molar-refractivity contribution in [2.75, 3.05) is 7.11 Å². The molecule has 0 N–H and O–H groups in total. The topological polar surface area (TPSA) is 92.7 Å². The van der Waals surface area contributed by atoms with E-state index in [-0.39, 0.29) is 37.1 Å². The van der Waals surface area contributed by atoms with Gasteiger partial charge in [-0.2, -0.15) is 8.78 Å². The van der Waals surface area contributed by atoms with Crippen LogP contribution in [0.3, 0.4) is 0 Å². The molecule has 0 aliphatic heterocycles. The predicted molar refractivity (Wildman–Crippen MR) is 93.4 cm³/mol. The molecule has 4 bridgehead atoms. The average molecular weight is 413 g/mol. The lowest BCUT2D eigenvalue weighted by Gasteiger charge is -2.60. The first-order chi connectivity index (χ1) is 13.6. The molecular weight excluding hydrogens is 386 g/mol. The molecule has 5 saturated carbocycles. The van der Waals surface area contributed by atoms with Crippen molar-refractivity contribution in [3.63, 3.8) is 0 Å². The number of hydrogen-bond donors (Lipinski definition) is 0. The third-order valence-electron chi connectivity index (χ3n) is 7.89. The Hall–Kier alpha value is -1.73. The van der Waals surface area contributed by atoms with Gasteiger partial charge in [0.2, 0.25) is 0 Å². The molecule has 8 heteroatoms. The molecule has 0 heterocycles. The average Bonchev–Trinajstić information content (AvgIpc) is 2.66. The van der Waals surface area contributed by atoms with E-state index in [0.717, 1.165) is 6.42 Å². The number of carboxylic acids is 1. The number of rotatable bonds is 5. The molecule has 0 amide bonds. The van der Waals surface area contributed by atoms with Gasteiger partial charge >= 0.3 is 17.9 Å². The quantitative estimate of drug-likeness (QED) is 0.643. The number of carbonyl (C=O) groups is 3. The minimum atomic E-state index is -4.26. The van der Waals surface area contributed by atoms with Gasteiger partial charge < -0.3 is 19.4 Å². The molecule has 0 aromatic heterocycles. The maximum Gasteiger partial charge on any atom is 0.325 e. The van der Waals surface area contributed by atoms with E-state index in [2.05, 4.69) is 0 Å². The fourth-order valence-electron chi connectivity index (χ4n) is 7.03. The summed E-state index contributed by atoms with van der Waals surface area (Å²) >= 11 is 0. The first kappa shape index (κ1) is 20.5. The van der Waals surface area contributed by atoms with Gasteiger partial charge in [-0.05, 0) is 76.0 Å². The second-order valence-electron chi connectivity index (χ2n) is 9.82. The van der Waals surface area contributed by atoms with E-state index in [1.54, 1.807) is 0 Å². The molecule has 6 nitrogen and oxygen atoms in total. The minimum Gasteiger partial charge on any atom is -0.544 e. The summed E-state index contributed by atoms with van der Waals surface area (Å²) in [6.07, 6.45) is 4.42. The number of alkyl halides is 2. The van der Waals surface area contributed by atoms with Crippen LogP contribution in [0.5, 0.6) is 0 Å². The zero-order valence-corrected chi connectivity index (χ0v) is 16.6. The van der Waals surface area contributed by atoms with Crippen LogP contribution in [0.4, 0.5) is 8.78 Å². The van der Waals surface area contributed by atoms with Gasteiger partial charge in [0.1, 0.15) is 5.97 Å². The number of ether oxygens (including phenoxy) is 2. The first-order valence-electron chi connectivity index (χ1n) is 10.5. The first-order valence-corrected chi connectivity index (χ1v) is 10.5. The Morgan fingerprint density at radius 2 is 1.45 bits per heavy atom. The highest BCUT2D eigenvalue weighted by molar-refractivity contribution is 5.84. The Morgan fingerprint density at radius 1 is 0.931 bits per heavy atom. The SMILES string of the molecule is COC(=O)C12CC3CC(C1)CC(C(=O)OC1(C(F)(F)C(=O)[O-])CCCCC1)(C3)C2. The minimum absolute atomic E-state index is 0.145. The number of methoxy groups -OCH3 is 1. The van der Waals surface area contributed by atoms with E-state index in [0.29, 0.717) is 44.9 Å². The summed E-state index contributed by atoms with van der Waals surface area (Å²) in [5.41, 5.74) is -4.16. The highest BCUT2D eigenvalue weighted by Gasteiger charge is 2.66. The molecular formula is C21H27F2O6-. The highest BCUT2D eigenvalue weighted by atomic mass is 19.3. The Bertz CT molecular complexity index is 713. The third kappa shape index (κ3) is 2.96. The van der Waals surface area contributed by atoms with Gasteiger partial charge in [0.25, 0.3) is 0 Å². The van der Waals surface area contributed by atoms with Crippen molar-refractivity contribution in [1.29, 1.82) is 0 Å². The fraction of sp³-hybridized carbons (Fsp3) is 0.857. The van der Waals surface area contributed by atoms with Crippen LogP contribution in [0.15, 0.2) is 0 Å². The lowest BCUT2D eigenvalue weighted by atomic mass is 9.44. The molecule has 0 saturated heterocycles. The van der Waals surface area contributed by atoms with Crippen molar-refractivity contribution in [2.45, 2.75) is 82.2 Å². The molecule has 5 aliphatic rings. The van der Waals surface area contributed by atoms with Crippen molar-refractivity contribution >= 4 is 17.9 Å². The molecule has 2 atom stereocenters. The standard InChI is InChI=1S/C21H28F2O6/c1-28-16(26)18-8-13-7-14(9-18)11-19(10-13,12-18)17(27)29-20(5-3-2-4-6-20)21(22,23)15(24)25/h13-14H,2-12H2,1H3,(H,24,25)/p-1. The molecule has 5 fully saturated rings. The number of esters is 2. The molecule has 0 aromatic rings. The van der Waals surface area contributed by atoms with Crippen LogP contribution in [0.2, 0.25) is 0 Å². The summed E-state index contributed by atoms with van der Waals surface area (Å²) < 4.78 is 39.8. The second-order valence-corrected chi connectivity index (χ2v) is 9.82. The highest BCUT2D eigenvalue weighted by Crippen LogP contribution is 2.66. The van der Waals surface area contributed by atoms with E-state index < -0.39 is 34.3 Å². The van der Waals surface area contributed by atoms with E-state index in [9.17, 15) is 28.3 Å². The predicted octanol–water partition coefficient (Wildman–Crippen LogP) is 2.38. The summed E-state index contributed by atoms with van der Waals surface area (Å²) in [6.45, 7) is 0. The molecule has 0 aromatic carbocycles. The Morgan fingerprint density at radius 3 is 1.93 bits per heavy atom. The molecule has 0 radical (unpaired) electrons. The maximum atomic E-state index is 14.7. The summed E-state index contributed by atoms with van der Waals surface area (Å²) in [5, 5.41) is 11.2.